The summed E-state index contributed by atoms with van der Waals surface area (Å²) in [4.78, 5) is 22.7. The topological polar surface area (TPSA) is 59.2 Å². The van der Waals surface area contributed by atoms with E-state index in [4.69, 9.17) is 0 Å². The number of aromatic nitrogens is 1. The van der Waals surface area contributed by atoms with Crippen LogP contribution in [0.3, 0.4) is 0 Å². The van der Waals surface area contributed by atoms with Crippen LogP contribution in [0.1, 0.15) is 22.5 Å². The molecule has 0 unspecified atom stereocenters. The molecular weight excluding hydrogens is 253 g/mol. The first-order valence-electron chi connectivity index (χ1n) is 4.01. The predicted molar refractivity (Wildman–Crippen MR) is 44.1 cm³/mol. The molecule has 1 aromatic rings. The van der Waals surface area contributed by atoms with Gasteiger partial charge in [-0.2, -0.15) is 0 Å². The highest BCUT2D eigenvalue weighted by atomic mass is 19.4. The first-order valence-corrected chi connectivity index (χ1v) is 4.01. The first kappa shape index (κ1) is 13.1. The van der Waals surface area contributed by atoms with Crippen LogP contribution in [0.2, 0.25) is 0 Å². The smallest absolute Gasteiger partial charge is 0.403 e. The molecule has 0 amide bonds. The minimum atomic E-state index is -5.25. The Bertz CT molecular complexity index is 479. The van der Waals surface area contributed by atoms with Crippen molar-refractivity contribution in [1.29, 1.82) is 0 Å². The normalized spacial score (nSPS) is 11.6. The largest absolute Gasteiger partial charge is 0.573 e. The van der Waals surface area contributed by atoms with Gasteiger partial charge in [-0.25, -0.2) is 8.78 Å². The van der Waals surface area contributed by atoms with Gasteiger partial charge in [-0.3, -0.25) is 9.59 Å². The minimum absolute atomic E-state index is 0.178. The van der Waals surface area contributed by atoms with Gasteiger partial charge in [0.25, 0.3) is 6.43 Å². The summed E-state index contributed by atoms with van der Waals surface area (Å²) in [6.45, 7) is 0. The molecule has 0 radical (unpaired) electrons. The summed E-state index contributed by atoms with van der Waals surface area (Å²) in [6, 6.07) is 0.431. The molecule has 9 heteroatoms. The van der Waals surface area contributed by atoms with E-state index < -0.39 is 35.4 Å². The molecule has 1 rings (SSSR count). The fraction of sp³-hybridized carbons (Fsp3) is 0.250. The Labute approximate surface area is 90.0 Å². The number of hydrogen-bond acceptors (Lipinski definition) is 3. The molecule has 1 N–H and O–H groups in total. The Morgan fingerprint density at radius 3 is 2.35 bits per heavy atom. The lowest BCUT2D eigenvalue weighted by atomic mass is 10.2. The number of hydrogen-bond donors (Lipinski definition) is 1. The van der Waals surface area contributed by atoms with E-state index in [0.29, 0.717) is 6.07 Å². The molecule has 0 saturated carbocycles. The van der Waals surface area contributed by atoms with Gasteiger partial charge in [0.2, 0.25) is 5.56 Å². The Kier molecular flexibility index (Phi) is 3.49. The van der Waals surface area contributed by atoms with Crippen LogP contribution in [0.4, 0.5) is 22.0 Å². The zero-order valence-corrected chi connectivity index (χ0v) is 7.85. The van der Waals surface area contributed by atoms with Crippen molar-refractivity contribution in [2.45, 2.75) is 12.8 Å². The lowest BCUT2D eigenvalue weighted by molar-refractivity contribution is -0.275. The molecule has 0 aliphatic heterocycles. The van der Waals surface area contributed by atoms with Gasteiger partial charge >= 0.3 is 6.36 Å². The number of pyridine rings is 1. The summed E-state index contributed by atoms with van der Waals surface area (Å²) in [7, 11) is 0. The van der Waals surface area contributed by atoms with Crippen molar-refractivity contribution in [2.24, 2.45) is 0 Å². The Morgan fingerprint density at radius 2 is 1.94 bits per heavy atom. The van der Waals surface area contributed by atoms with E-state index in [1.807, 2.05) is 0 Å². The number of ether oxygens (including phenoxy) is 1. The van der Waals surface area contributed by atoms with Crippen molar-refractivity contribution in [1.82, 2.24) is 4.98 Å². The molecule has 0 aliphatic carbocycles. The number of nitrogens with one attached hydrogen (secondary N) is 1. The first-order chi connectivity index (χ1) is 7.74. The number of carbonyl (C=O) groups is 1. The molecule has 0 atom stereocenters. The summed E-state index contributed by atoms with van der Waals surface area (Å²) in [6.07, 6.45) is -8.85. The molecule has 0 aromatic carbocycles. The Balaban J connectivity index is 3.42. The van der Waals surface area contributed by atoms with Crippen LogP contribution >= 0.6 is 0 Å². The molecule has 1 heterocycles. The molecule has 0 spiro atoms. The third-order valence-electron chi connectivity index (χ3n) is 1.61. The average molecular weight is 257 g/mol. The Hall–Kier alpha value is -1.93. The van der Waals surface area contributed by atoms with Gasteiger partial charge in [0, 0.05) is 6.07 Å². The highest BCUT2D eigenvalue weighted by Crippen LogP contribution is 2.32. The number of carbonyl (C=O) groups excluding carboxylic acids is 1. The van der Waals surface area contributed by atoms with Crippen molar-refractivity contribution in [3.63, 3.8) is 0 Å². The lowest BCUT2D eigenvalue weighted by Gasteiger charge is -2.13. The standard InChI is InChI=1S/C8H4F5NO3/c9-7(10)5-6(17-8(11,12)13)3(2-15)1-4(16)14-5/h1-2,7H,(H,14,16). The number of halogens is 5. The van der Waals surface area contributed by atoms with Crippen LogP contribution in [0, 0.1) is 0 Å². The van der Waals surface area contributed by atoms with Crippen molar-refractivity contribution in [3.05, 3.63) is 27.7 Å². The molecule has 17 heavy (non-hydrogen) atoms. The van der Waals surface area contributed by atoms with E-state index in [1.165, 1.54) is 4.98 Å². The summed E-state index contributed by atoms with van der Waals surface area (Å²) >= 11 is 0. The number of alkyl halides is 5. The van der Waals surface area contributed by atoms with Crippen LogP contribution in [0.25, 0.3) is 0 Å². The number of aromatic amines is 1. The van der Waals surface area contributed by atoms with Gasteiger partial charge in [0.15, 0.2) is 12.0 Å². The van der Waals surface area contributed by atoms with Gasteiger partial charge in [-0.05, 0) is 0 Å². The SMILES string of the molecule is O=Cc1cc(=O)[nH]c(C(F)F)c1OC(F)(F)F. The fourth-order valence-corrected chi connectivity index (χ4v) is 1.06. The van der Waals surface area contributed by atoms with Gasteiger partial charge in [-0.1, -0.05) is 0 Å². The quantitative estimate of drug-likeness (QED) is 0.665. The molecule has 4 nitrogen and oxygen atoms in total. The van der Waals surface area contributed by atoms with E-state index in [-0.39, 0.29) is 6.29 Å². The van der Waals surface area contributed by atoms with Crippen molar-refractivity contribution in [2.75, 3.05) is 0 Å². The van der Waals surface area contributed by atoms with Crippen molar-refractivity contribution >= 4 is 6.29 Å². The molecule has 0 aliphatic rings. The van der Waals surface area contributed by atoms with E-state index in [9.17, 15) is 31.5 Å². The maximum atomic E-state index is 12.4. The van der Waals surface area contributed by atoms with Crippen LogP contribution in [0.15, 0.2) is 10.9 Å². The molecule has 0 bridgehead atoms. The molecule has 94 valence electrons. The zero-order chi connectivity index (χ0) is 13.2. The second-order valence-electron chi connectivity index (χ2n) is 2.80. The monoisotopic (exact) mass is 257 g/mol. The van der Waals surface area contributed by atoms with Crippen LogP contribution in [0.5, 0.6) is 5.75 Å². The zero-order valence-electron chi connectivity index (χ0n) is 7.85. The van der Waals surface area contributed by atoms with Crippen molar-refractivity contribution in [3.8, 4) is 5.75 Å². The second-order valence-corrected chi connectivity index (χ2v) is 2.80. The second kappa shape index (κ2) is 4.52. The highest BCUT2D eigenvalue weighted by molar-refractivity contribution is 5.79. The number of rotatable bonds is 3. The third-order valence-corrected chi connectivity index (χ3v) is 1.61. The van der Waals surface area contributed by atoms with E-state index in [0.717, 1.165) is 0 Å². The Morgan fingerprint density at radius 1 is 1.35 bits per heavy atom. The van der Waals surface area contributed by atoms with Gasteiger partial charge in [-0.15, -0.1) is 13.2 Å². The van der Waals surface area contributed by atoms with Gasteiger partial charge < -0.3 is 9.72 Å². The summed E-state index contributed by atoms with van der Waals surface area (Å²) in [5.74, 6) is -1.40. The number of H-pyrrole nitrogens is 1. The van der Waals surface area contributed by atoms with Gasteiger partial charge in [0.05, 0.1) is 5.56 Å². The van der Waals surface area contributed by atoms with Gasteiger partial charge in [0.1, 0.15) is 5.69 Å². The van der Waals surface area contributed by atoms with E-state index in [2.05, 4.69) is 4.74 Å². The van der Waals surface area contributed by atoms with Crippen LogP contribution in [-0.4, -0.2) is 17.6 Å². The highest BCUT2D eigenvalue weighted by Gasteiger charge is 2.35. The average Bonchev–Trinajstić information content (AvgIpc) is 2.17. The number of aldehydes is 1. The minimum Gasteiger partial charge on any atom is -0.403 e. The third kappa shape index (κ3) is 3.26. The molecule has 1 aromatic heterocycles. The van der Waals surface area contributed by atoms with Crippen LogP contribution < -0.4 is 10.3 Å². The van der Waals surface area contributed by atoms with Crippen LogP contribution in [-0.2, 0) is 0 Å². The van der Waals surface area contributed by atoms with E-state index >= 15 is 0 Å². The maximum absolute atomic E-state index is 12.4. The summed E-state index contributed by atoms with van der Waals surface area (Å²) in [5, 5.41) is 0. The summed E-state index contributed by atoms with van der Waals surface area (Å²) < 4.78 is 63.8. The maximum Gasteiger partial charge on any atom is 0.573 e. The van der Waals surface area contributed by atoms with Crippen molar-refractivity contribution < 1.29 is 31.5 Å². The predicted octanol–water partition coefficient (Wildman–Crippen LogP) is 2.02. The lowest BCUT2D eigenvalue weighted by Crippen LogP contribution is -2.22. The molecular formula is C8H4F5NO3. The summed E-state index contributed by atoms with van der Waals surface area (Å²) in [5.41, 5.74) is -3.42. The van der Waals surface area contributed by atoms with E-state index in [1.54, 1.807) is 0 Å². The fourth-order valence-electron chi connectivity index (χ4n) is 1.06. The molecule has 0 fully saturated rings. The molecule has 0 saturated heterocycles.